The average Bonchev–Trinajstić information content (AvgIpc) is 2.43. The minimum Gasteiger partial charge on any atom is -0.506 e. The number of carbonyl (C=O) groups excluding carboxylic acids is 1. The maximum atomic E-state index is 11.5. The third-order valence-corrected chi connectivity index (χ3v) is 3.09. The zero-order valence-corrected chi connectivity index (χ0v) is 9.92. The Morgan fingerprint density at radius 1 is 1.31 bits per heavy atom. The van der Waals surface area contributed by atoms with E-state index in [9.17, 15) is 14.7 Å². The first kappa shape index (κ1) is 12.5. The van der Waals surface area contributed by atoms with Crippen molar-refractivity contribution in [3.05, 3.63) is 15.3 Å². The summed E-state index contributed by atoms with van der Waals surface area (Å²) in [7, 11) is 0. The molecule has 0 unspecified atom stereocenters. The van der Waals surface area contributed by atoms with Gasteiger partial charge in [-0.2, -0.15) is 0 Å². The number of aromatic carboxylic acids is 1. The van der Waals surface area contributed by atoms with Crippen LogP contribution in [0.3, 0.4) is 0 Å². The van der Waals surface area contributed by atoms with Gasteiger partial charge in [0.1, 0.15) is 10.6 Å². The summed E-state index contributed by atoms with van der Waals surface area (Å²) in [6.07, 6.45) is -0.288. The second kappa shape index (κ2) is 4.52. The van der Waals surface area contributed by atoms with Crippen molar-refractivity contribution < 1.29 is 24.5 Å². The molecule has 0 amide bonds. The lowest BCUT2D eigenvalue weighted by Crippen LogP contribution is -2.11. The molecule has 2 N–H and O–H groups in total. The van der Waals surface area contributed by atoms with Gasteiger partial charge in [-0.3, -0.25) is 0 Å². The highest BCUT2D eigenvalue weighted by Gasteiger charge is 2.24. The summed E-state index contributed by atoms with van der Waals surface area (Å²) in [5, 5.41) is 18.3. The van der Waals surface area contributed by atoms with Gasteiger partial charge >= 0.3 is 11.9 Å². The molecule has 1 aromatic rings. The van der Waals surface area contributed by atoms with Crippen LogP contribution in [0.2, 0.25) is 0 Å². The number of carboxylic acids is 1. The topological polar surface area (TPSA) is 83.8 Å². The fraction of sp³-hybridized carbons (Fsp3) is 0.400. The Morgan fingerprint density at radius 3 is 2.25 bits per heavy atom. The Bertz CT molecular complexity index is 433. The Morgan fingerprint density at radius 2 is 1.88 bits per heavy atom. The molecule has 0 fully saturated rings. The average molecular weight is 244 g/mol. The van der Waals surface area contributed by atoms with E-state index in [0.717, 1.165) is 11.3 Å². The van der Waals surface area contributed by atoms with Crippen LogP contribution in [0.4, 0.5) is 0 Å². The summed E-state index contributed by atoms with van der Waals surface area (Å²) in [4.78, 5) is 22.2. The van der Waals surface area contributed by atoms with Crippen molar-refractivity contribution in [1.82, 2.24) is 0 Å². The van der Waals surface area contributed by atoms with Crippen LogP contribution in [0.5, 0.6) is 5.75 Å². The number of rotatable bonds is 3. The Labute approximate surface area is 96.3 Å². The second-order valence-corrected chi connectivity index (χ2v) is 4.51. The van der Waals surface area contributed by atoms with Crippen LogP contribution in [-0.4, -0.2) is 28.3 Å². The van der Waals surface area contributed by atoms with E-state index in [1.807, 2.05) is 0 Å². The first-order valence-corrected chi connectivity index (χ1v) is 5.42. The number of thiophene rings is 1. The van der Waals surface area contributed by atoms with Gasteiger partial charge < -0.3 is 14.9 Å². The third-order valence-electron chi connectivity index (χ3n) is 1.84. The lowest BCUT2D eigenvalue weighted by molar-refractivity contribution is 0.0382. The van der Waals surface area contributed by atoms with Gasteiger partial charge in [0.2, 0.25) is 0 Å². The summed E-state index contributed by atoms with van der Waals surface area (Å²) in [6.45, 7) is 4.87. The highest BCUT2D eigenvalue weighted by molar-refractivity contribution is 7.16. The molecule has 88 valence electrons. The van der Waals surface area contributed by atoms with Crippen LogP contribution in [0.1, 0.15) is 38.8 Å². The van der Waals surface area contributed by atoms with Crippen LogP contribution in [-0.2, 0) is 4.74 Å². The van der Waals surface area contributed by atoms with Crippen LogP contribution < -0.4 is 0 Å². The minimum atomic E-state index is -1.26. The van der Waals surface area contributed by atoms with Crippen molar-refractivity contribution in [2.75, 3.05) is 0 Å². The van der Waals surface area contributed by atoms with Gasteiger partial charge in [-0.25, -0.2) is 9.59 Å². The SMILES string of the molecule is Cc1c(C(=O)OC(C)C)sc(C(=O)O)c1O. The molecule has 0 aliphatic rings. The maximum Gasteiger partial charge on any atom is 0.349 e. The summed E-state index contributed by atoms with van der Waals surface area (Å²) in [6, 6.07) is 0. The molecule has 1 aromatic heterocycles. The predicted molar refractivity (Wildman–Crippen MR) is 58.2 cm³/mol. The normalized spacial score (nSPS) is 10.5. The van der Waals surface area contributed by atoms with E-state index in [-0.39, 0.29) is 27.2 Å². The molecule has 0 saturated heterocycles. The summed E-state index contributed by atoms with van der Waals surface area (Å²) in [5.74, 6) is -2.23. The number of ether oxygens (including phenoxy) is 1. The molecule has 1 rings (SSSR count). The third kappa shape index (κ3) is 2.33. The molecule has 0 aliphatic carbocycles. The maximum absolute atomic E-state index is 11.5. The summed E-state index contributed by atoms with van der Waals surface area (Å²) >= 11 is 0.720. The first-order chi connectivity index (χ1) is 7.34. The highest BCUT2D eigenvalue weighted by atomic mass is 32.1. The van der Waals surface area contributed by atoms with E-state index in [2.05, 4.69) is 0 Å². The highest BCUT2D eigenvalue weighted by Crippen LogP contribution is 2.34. The van der Waals surface area contributed by atoms with Gasteiger partial charge in [-0.15, -0.1) is 11.3 Å². The molecule has 0 saturated carbocycles. The molecule has 0 aliphatic heterocycles. The van der Waals surface area contributed by atoms with Crippen molar-refractivity contribution in [3.8, 4) is 5.75 Å². The number of carboxylic acid groups (broad SMARTS) is 1. The van der Waals surface area contributed by atoms with Gasteiger partial charge in [-0.05, 0) is 20.8 Å². The van der Waals surface area contributed by atoms with Gasteiger partial charge in [0.05, 0.1) is 6.10 Å². The van der Waals surface area contributed by atoms with E-state index in [1.165, 1.54) is 6.92 Å². The number of hydrogen-bond donors (Lipinski definition) is 2. The smallest absolute Gasteiger partial charge is 0.349 e. The fourth-order valence-corrected chi connectivity index (χ4v) is 2.03. The van der Waals surface area contributed by atoms with Crippen LogP contribution in [0.25, 0.3) is 0 Å². The molecule has 0 spiro atoms. The molecule has 0 bridgehead atoms. The first-order valence-electron chi connectivity index (χ1n) is 4.61. The van der Waals surface area contributed by atoms with Crippen molar-refractivity contribution in [2.24, 2.45) is 0 Å². The number of esters is 1. The van der Waals surface area contributed by atoms with E-state index in [1.54, 1.807) is 13.8 Å². The van der Waals surface area contributed by atoms with E-state index < -0.39 is 11.9 Å². The van der Waals surface area contributed by atoms with Crippen LogP contribution >= 0.6 is 11.3 Å². The lowest BCUT2D eigenvalue weighted by Gasteiger charge is -2.06. The van der Waals surface area contributed by atoms with Crippen molar-refractivity contribution in [1.29, 1.82) is 0 Å². The molecule has 1 heterocycles. The van der Waals surface area contributed by atoms with Gasteiger partial charge in [0, 0.05) is 5.56 Å². The largest absolute Gasteiger partial charge is 0.506 e. The molecule has 5 nitrogen and oxygen atoms in total. The Balaban J connectivity index is 3.11. The molecular weight excluding hydrogens is 232 g/mol. The van der Waals surface area contributed by atoms with Crippen molar-refractivity contribution >= 4 is 23.3 Å². The van der Waals surface area contributed by atoms with Crippen LogP contribution in [0.15, 0.2) is 0 Å². The van der Waals surface area contributed by atoms with Gasteiger partial charge in [-0.1, -0.05) is 0 Å². The van der Waals surface area contributed by atoms with E-state index >= 15 is 0 Å². The van der Waals surface area contributed by atoms with E-state index in [0.29, 0.717) is 0 Å². The second-order valence-electron chi connectivity index (χ2n) is 3.49. The zero-order chi connectivity index (χ0) is 12.5. The van der Waals surface area contributed by atoms with Crippen molar-refractivity contribution in [2.45, 2.75) is 26.9 Å². The molecule has 6 heteroatoms. The Kier molecular flexibility index (Phi) is 3.54. The Hall–Kier alpha value is -1.56. The predicted octanol–water partition coefficient (Wildman–Crippen LogP) is 2.03. The molecule has 0 radical (unpaired) electrons. The lowest BCUT2D eigenvalue weighted by atomic mass is 10.2. The quantitative estimate of drug-likeness (QED) is 0.795. The van der Waals surface area contributed by atoms with Crippen LogP contribution in [0, 0.1) is 6.92 Å². The standard InChI is InChI=1S/C10H12O5S/c1-4(2)15-10(14)7-5(3)6(11)8(16-7)9(12)13/h4,11H,1-3H3,(H,12,13). The molecular formula is C10H12O5S. The zero-order valence-electron chi connectivity index (χ0n) is 9.10. The minimum absolute atomic E-state index is 0.128. The van der Waals surface area contributed by atoms with Crippen molar-refractivity contribution in [3.63, 3.8) is 0 Å². The number of aromatic hydroxyl groups is 1. The summed E-state index contributed by atoms with van der Waals surface area (Å²) < 4.78 is 4.93. The molecule has 16 heavy (non-hydrogen) atoms. The molecule has 0 aromatic carbocycles. The van der Waals surface area contributed by atoms with Gasteiger partial charge in [0.15, 0.2) is 4.88 Å². The fourth-order valence-electron chi connectivity index (χ4n) is 1.11. The number of carbonyl (C=O) groups is 2. The molecule has 0 atom stereocenters. The van der Waals surface area contributed by atoms with Gasteiger partial charge in [0.25, 0.3) is 0 Å². The van der Waals surface area contributed by atoms with E-state index in [4.69, 9.17) is 9.84 Å². The monoisotopic (exact) mass is 244 g/mol. The summed E-state index contributed by atoms with van der Waals surface area (Å²) in [5.41, 5.74) is 0.244. The number of hydrogen-bond acceptors (Lipinski definition) is 5.